The van der Waals surface area contributed by atoms with Crippen LogP contribution in [-0.4, -0.2) is 57.4 Å². The molecule has 2 rings (SSSR count). The summed E-state index contributed by atoms with van der Waals surface area (Å²) in [4.78, 5) is 15.0. The molecule has 0 aromatic heterocycles. The predicted octanol–water partition coefficient (Wildman–Crippen LogP) is 5.09. The second-order valence-corrected chi connectivity index (χ2v) is 13.4. The molecule has 0 aromatic carbocycles. The second-order valence-electron chi connectivity index (χ2n) is 11.0. The minimum atomic E-state index is -1.52. The maximum Gasteiger partial charge on any atom is 0.412 e. The lowest BCUT2D eigenvalue weighted by Gasteiger charge is -2.42. The maximum atomic E-state index is 13.3. The molecular formula is C23H43NO5Si. The first-order valence-corrected chi connectivity index (χ1v) is 14.1. The highest BCUT2D eigenvalue weighted by atomic mass is 28.3. The Bertz CT molecular complexity index is 604. The lowest BCUT2D eigenvalue weighted by atomic mass is 9.78. The zero-order chi connectivity index (χ0) is 22.7. The molecule has 1 amide bonds. The summed E-state index contributed by atoms with van der Waals surface area (Å²) in [5.41, 5.74) is -0.672. The molecule has 0 spiro atoms. The summed E-state index contributed by atoms with van der Waals surface area (Å²) in [5.74, 6) is 0.264. The molecule has 2 fully saturated rings. The number of rotatable bonds is 6. The molecule has 7 heteroatoms. The van der Waals surface area contributed by atoms with Gasteiger partial charge in [0.25, 0.3) is 0 Å². The Labute approximate surface area is 185 Å². The summed E-state index contributed by atoms with van der Waals surface area (Å²) in [7, 11) is -1.52. The van der Waals surface area contributed by atoms with Gasteiger partial charge in [-0.2, -0.15) is 0 Å². The number of hydrogen-bond acceptors (Lipinski definition) is 5. The summed E-state index contributed by atoms with van der Waals surface area (Å²) < 4.78 is 24.2. The number of hydrogen-bond donors (Lipinski definition) is 0. The fraction of sp³-hybridized carbons (Fsp3) is 0.870. The molecule has 0 saturated carbocycles. The van der Waals surface area contributed by atoms with E-state index in [9.17, 15) is 4.79 Å². The Morgan fingerprint density at radius 2 is 1.87 bits per heavy atom. The monoisotopic (exact) mass is 441 g/mol. The van der Waals surface area contributed by atoms with Crippen molar-refractivity contribution in [3.8, 4) is 0 Å². The van der Waals surface area contributed by atoms with E-state index in [1.807, 2.05) is 20.8 Å². The first-order valence-electron chi connectivity index (χ1n) is 11.3. The van der Waals surface area contributed by atoms with Gasteiger partial charge in [0, 0.05) is 19.6 Å². The SMILES string of the molecule is C=C(COC1CCCCO1)[C@@]1(O[SiH](C)C)C[C@H](C(C)(C)C)CN1C(=O)OC(C)(C)C. The van der Waals surface area contributed by atoms with Crippen LogP contribution in [0.2, 0.25) is 13.1 Å². The fourth-order valence-electron chi connectivity index (χ4n) is 4.06. The third-order valence-corrected chi connectivity index (χ3v) is 6.63. The van der Waals surface area contributed by atoms with Gasteiger partial charge in [0.15, 0.2) is 21.1 Å². The average Bonchev–Trinajstić information content (AvgIpc) is 2.99. The molecule has 2 saturated heterocycles. The van der Waals surface area contributed by atoms with Gasteiger partial charge in [0.2, 0.25) is 0 Å². The van der Waals surface area contributed by atoms with Crippen LogP contribution in [0.1, 0.15) is 67.2 Å². The van der Waals surface area contributed by atoms with E-state index in [4.69, 9.17) is 18.6 Å². The van der Waals surface area contributed by atoms with Crippen LogP contribution in [0, 0.1) is 11.3 Å². The van der Waals surface area contributed by atoms with E-state index in [2.05, 4.69) is 40.4 Å². The van der Waals surface area contributed by atoms with Crippen LogP contribution in [0.15, 0.2) is 12.2 Å². The third-order valence-electron chi connectivity index (χ3n) is 5.77. The smallest absolute Gasteiger partial charge is 0.412 e. The first kappa shape index (κ1) is 25.4. The second kappa shape index (κ2) is 9.71. The molecule has 0 N–H and O–H groups in total. The predicted molar refractivity (Wildman–Crippen MR) is 122 cm³/mol. The molecule has 0 bridgehead atoms. The quantitative estimate of drug-likeness (QED) is 0.425. The van der Waals surface area contributed by atoms with Crippen LogP contribution in [0.25, 0.3) is 0 Å². The first-order chi connectivity index (χ1) is 13.7. The van der Waals surface area contributed by atoms with Crippen LogP contribution >= 0.6 is 0 Å². The van der Waals surface area contributed by atoms with E-state index >= 15 is 0 Å². The standard InChI is InChI=1S/C23H43NO5Si/c1-17(16-27-19-12-10-11-13-26-19)23(29-30(8)9)14-18(21(2,3)4)15-24(23)20(25)28-22(5,6)7/h18-19,30H,1,10-16H2,2-9H3/t18-,19?,23-/m0/s1. The van der Waals surface area contributed by atoms with E-state index in [0.29, 0.717) is 19.6 Å². The Balaban J connectivity index is 2.31. The highest BCUT2D eigenvalue weighted by molar-refractivity contribution is 6.48. The average molecular weight is 442 g/mol. The Hall–Kier alpha value is -0.893. The third kappa shape index (κ3) is 6.55. The molecule has 6 nitrogen and oxygen atoms in total. The van der Waals surface area contributed by atoms with Crippen molar-refractivity contribution in [2.45, 2.75) is 97.9 Å². The van der Waals surface area contributed by atoms with E-state index in [0.717, 1.165) is 31.4 Å². The van der Waals surface area contributed by atoms with Gasteiger partial charge < -0.3 is 18.6 Å². The zero-order valence-electron chi connectivity index (χ0n) is 20.4. The van der Waals surface area contributed by atoms with Crippen molar-refractivity contribution in [3.63, 3.8) is 0 Å². The van der Waals surface area contributed by atoms with E-state index in [-0.39, 0.29) is 23.7 Å². The molecular weight excluding hydrogens is 398 g/mol. The van der Waals surface area contributed by atoms with Crippen LogP contribution in [-0.2, 0) is 18.6 Å². The Kier molecular flexibility index (Phi) is 8.22. The molecule has 0 aliphatic carbocycles. The van der Waals surface area contributed by atoms with Gasteiger partial charge in [-0.25, -0.2) is 4.79 Å². The Morgan fingerprint density at radius 1 is 1.20 bits per heavy atom. The summed E-state index contributed by atoms with van der Waals surface area (Å²) >= 11 is 0. The number of ether oxygens (including phenoxy) is 3. The Morgan fingerprint density at radius 3 is 2.37 bits per heavy atom. The summed E-state index contributed by atoms with van der Waals surface area (Å²) in [5, 5.41) is 0. The number of likely N-dealkylation sites (tertiary alicyclic amines) is 1. The van der Waals surface area contributed by atoms with Gasteiger partial charge in [-0.05, 0) is 70.0 Å². The molecule has 3 atom stereocenters. The molecule has 1 unspecified atom stereocenters. The number of carbonyl (C=O) groups is 1. The molecule has 2 aliphatic heterocycles. The highest BCUT2D eigenvalue weighted by Gasteiger charge is 2.54. The van der Waals surface area contributed by atoms with E-state index in [1.165, 1.54) is 0 Å². The van der Waals surface area contributed by atoms with Crippen molar-refractivity contribution in [2.24, 2.45) is 11.3 Å². The van der Waals surface area contributed by atoms with Gasteiger partial charge in [0.1, 0.15) is 5.60 Å². The van der Waals surface area contributed by atoms with Crippen LogP contribution < -0.4 is 0 Å². The molecule has 0 radical (unpaired) electrons. The van der Waals surface area contributed by atoms with Gasteiger partial charge in [-0.3, -0.25) is 4.90 Å². The topological polar surface area (TPSA) is 57.2 Å². The highest BCUT2D eigenvalue weighted by Crippen LogP contribution is 2.47. The summed E-state index contributed by atoms with van der Waals surface area (Å²) in [6.45, 7) is 22.5. The van der Waals surface area contributed by atoms with Crippen molar-refractivity contribution in [1.29, 1.82) is 0 Å². The van der Waals surface area contributed by atoms with Crippen LogP contribution in [0.4, 0.5) is 4.79 Å². The van der Waals surface area contributed by atoms with Gasteiger partial charge >= 0.3 is 6.09 Å². The maximum absolute atomic E-state index is 13.3. The van der Waals surface area contributed by atoms with Crippen molar-refractivity contribution in [1.82, 2.24) is 4.90 Å². The molecule has 30 heavy (non-hydrogen) atoms. The zero-order valence-corrected chi connectivity index (χ0v) is 21.5. The normalized spacial score (nSPS) is 28.1. The molecule has 2 heterocycles. The van der Waals surface area contributed by atoms with Gasteiger partial charge in [-0.15, -0.1) is 0 Å². The van der Waals surface area contributed by atoms with Crippen LogP contribution in [0.3, 0.4) is 0 Å². The number of amides is 1. The van der Waals surface area contributed by atoms with Crippen molar-refractivity contribution >= 4 is 15.1 Å². The van der Waals surface area contributed by atoms with Gasteiger partial charge in [-0.1, -0.05) is 27.4 Å². The van der Waals surface area contributed by atoms with E-state index in [1.54, 1.807) is 4.90 Å². The molecule has 2 aliphatic rings. The van der Waals surface area contributed by atoms with Gasteiger partial charge in [0.05, 0.1) is 6.61 Å². The van der Waals surface area contributed by atoms with Crippen molar-refractivity contribution in [3.05, 3.63) is 12.2 Å². The van der Waals surface area contributed by atoms with E-state index < -0.39 is 20.4 Å². The minimum Gasteiger partial charge on any atom is -0.444 e. The minimum absolute atomic E-state index is 0.0253. The van der Waals surface area contributed by atoms with Crippen molar-refractivity contribution < 1.29 is 23.4 Å². The fourth-order valence-corrected chi connectivity index (χ4v) is 5.23. The molecule has 174 valence electrons. The van der Waals surface area contributed by atoms with Crippen molar-refractivity contribution in [2.75, 3.05) is 19.8 Å². The lowest BCUT2D eigenvalue weighted by molar-refractivity contribution is -0.162. The lowest BCUT2D eigenvalue weighted by Crippen LogP contribution is -2.54. The summed E-state index contributed by atoms with van der Waals surface area (Å²) in [6.07, 6.45) is 3.22. The number of nitrogens with zero attached hydrogens (tertiary/aromatic N) is 1. The summed E-state index contributed by atoms with van der Waals surface area (Å²) in [6, 6.07) is 0. The molecule has 0 aromatic rings. The van der Waals surface area contributed by atoms with Crippen LogP contribution in [0.5, 0.6) is 0 Å². The number of carbonyl (C=O) groups excluding carboxylic acids is 1. The largest absolute Gasteiger partial charge is 0.444 e.